The second-order valence-corrected chi connectivity index (χ2v) is 9.41. The largest absolute Gasteiger partial charge is 0.493 e. The lowest BCUT2D eigenvalue weighted by Crippen LogP contribution is -2.33. The van der Waals surface area contributed by atoms with Crippen molar-refractivity contribution in [3.8, 4) is 34.3 Å². The van der Waals surface area contributed by atoms with Crippen molar-refractivity contribution in [2.75, 3.05) is 30.5 Å². The minimum atomic E-state index is -0.814. The van der Waals surface area contributed by atoms with Gasteiger partial charge in [-0.15, -0.1) is 0 Å². The molecule has 0 radical (unpaired) electrons. The Bertz CT molecular complexity index is 1660. The number of aromatic nitrogens is 3. The molecule has 5 rings (SSSR count). The lowest BCUT2D eigenvalue weighted by molar-refractivity contribution is 0.102. The number of nitrogens with one attached hydrogen (secondary N) is 1. The van der Waals surface area contributed by atoms with Crippen LogP contribution in [0.4, 0.5) is 20.2 Å². The molecule has 208 valence electrons. The number of nitriles is 1. The second-order valence-electron chi connectivity index (χ2n) is 9.41. The predicted octanol–water partition coefficient (Wildman–Crippen LogP) is 3.51. The number of aliphatic hydroxyl groups is 1. The first-order valence-corrected chi connectivity index (χ1v) is 12.6. The molecule has 41 heavy (non-hydrogen) atoms. The maximum atomic E-state index is 14.7. The van der Waals surface area contributed by atoms with Crippen LogP contribution in [0.2, 0.25) is 0 Å². The fourth-order valence-electron chi connectivity index (χ4n) is 4.92. The van der Waals surface area contributed by atoms with Crippen LogP contribution in [0.15, 0.2) is 61.1 Å². The van der Waals surface area contributed by atoms with E-state index < -0.39 is 17.5 Å². The highest BCUT2D eigenvalue weighted by atomic mass is 19.1. The van der Waals surface area contributed by atoms with E-state index in [1.165, 1.54) is 25.6 Å². The maximum absolute atomic E-state index is 14.7. The average Bonchev–Trinajstić information content (AvgIpc) is 3.38. The van der Waals surface area contributed by atoms with E-state index in [4.69, 9.17) is 10.5 Å². The summed E-state index contributed by atoms with van der Waals surface area (Å²) >= 11 is 0. The summed E-state index contributed by atoms with van der Waals surface area (Å²) in [4.78, 5) is 27.6. The summed E-state index contributed by atoms with van der Waals surface area (Å²) in [5.74, 6) is -2.86. The summed E-state index contributed by atoms with van der Waals surface area (Å²) in [6.07, 6.45) is 4.91. The zero-order valence-corrected chi connectivity index (χ0v) is 21.9. The van der Waals surface area contributed by atoms with Crippen LogP contribution < -0.4 is 20.7 Å². The highest BCUT2D eigenvalue weighted by molar-refractivity contribution is 6.05. The number of hydrogen-bond donors (Lipinski definition) is 3. The maximum Gasteiger partial charge on any atom is 0.274 e. The standard InChI is InChI=1S/C29H25F2N7O3/c1-41-27-22(31)4-3-21(30)26(27)28-35-9-7-24(36-28)29(40)37-23-5-2-16(20-13-34-8-6-17(20)12-32)10-25(23)38-14-18(33)11-19(38)15-39/h2-10,13,18-19,39H,11,14-15,33H2,1H3,(H,37,40)/t18-,19-/m0/s1. The van der Waals surface area contributed by atoms with Gasteiger partial charge in [0.15, 0.2) is 17.4 Å². The summed E-state index contributed by atoms with van der Waals surface area (Å²) in [7, 11) is 1.19. The van der Waals surface area contributed by atoms with E-state index >= 15 is 0 Å². The third-order valence-electron chi connectivity index (χ3n) is 6.84. The van der Waals surface area contributed by atoms with Gasteiger partial charge in [-0.25, -0.2) is 18.7 Å². The molecule has 12 heteroatoms. The Morgan fingerprint density at radius 3 is 2.78 bits per heavy atom. The number of benzene rings is 2. The number of methoxy groups -OCH3 is 1. The normalized spacial score (nSPS) is 16.3. The molecule has 2 aromatic carbocycles. The van der Waals surface area contributed by atoms with Crippen LogP contribution in [0.3, 0.4) is 0 Å². The molecule has 1 amide bonds. The number of pyridine rings is 1. The van der Waals surface area contributed by atoms with Crippen molar-refractivity contribution in [3.63, 3.8) is 0 Å². The highest BCUT2D eigenvalue weighted by Crippen LogP contribution is 2.37. The molecule has 10 nitrogen and oxygen atoms in total. The number of nitrogens with zero attached hydrogens (tertiary/aromatic N) is 5. The number of carbonyl (C=O) groups is 1. The van der Waals surface area contributed by atoms with Crippen LogP contribution in [0, 0.1) is 23.0 Å². The Balaban J connectivity index is 1.54. The fraction of sp³-hybridized carbons (Fsp3) is 0.207. The summed E-state index contributed by atoms with van der Waals surface area (Å²) in [6, 6.07) is 11.7. The first kappa shape index (κ1) is 27.6. The summed E-state index contributed by atoms with van der Waals surface area (Å²) in [5.41, 5.74) is 8.46. The summed E-state index contributed by atoms with van der Waals surface area (Å²) in [6.45, 7) is 0.268. The third kappa shape index (κ3) is 5.41. The van der Waals surface area contributed by atoms with E-state index in [2.05, 4.69) is 26.3 Å². The molecule has 2 atom stereocenters. The van der Waals surface area contributed by atoms with Gasteiger partial charge in [0.05, 0.1) is 48.3 Å². The highest BCUT2D eigenvalue weighted by Gasteiger charge is 2.32. The molecule has 0 unspecified atom stereocenters. The smallest absolute Gasteiger partial charge is 0.274 e. The Labute approximate surface area is 234 Å². The van der Waals surface area contributed by atoms with Crippen molar-refractivity contribution < 1.29 is 23.4 Å². The van der Waals surface area contributed by atoms with Crippen LogP contribution in [-0.4, -0.2) is 58.3 Å². The van der Waals surface area contributed by atoms with E-state index in [1.54, 1.807) is 30.5 Å². The molecule has 1 aliphatic heterocycles. The van der Waals surface area contributed by atoms with Crippen molar-refractivity contribution in [2.24, 2.45) is 5.73 Å². The van der Waals surface area contributed by atoms with E-state index in [0.717, 1.165) is 12.1 Å². The van der Waals surface area contributed by atoms with Gasteiger partial charge in [-0.2, -0.15) is 5.26 Å². The number of rotatable bonds is 7. The Morgan fingerprint density at radius 1 is 1.22 bits per heavy atom. The average molecular weight is 558 g/mol. The van der Waals surface area contributed by atoms with Gasteiger partial charge in [0.1, 0.15) is 11.5 Å². The number of carbonyl (C=O) groups excluding carboxylic acids is 1. The second kappa shape index (κ2) is 11.6. The molecule has 3 heterocycles. The number of nitrogens with two attached hydrogens (primary N) is 1. The predicted molar refractivity (Wildman–Crippen MR) is 147 cm³/mol. The molecule has 1 saturated heterocycles. The Hall–Kier alpha value is -4.99. The van der Waals surface area contributed by atoms with Crippen LogP contribution in [0.25, 0.3) is 22.5 Å². The van der Waals surface area contributed by atoms with Gasteiger partial charge in [0.2, 0.25) is 0 Å². The lowest BCUT2D eigenvalue weighted by atomic mass is 10.0. The minimum absolute atomic E-state index is 0.105. The molecule has 1 fully saturated rings. The topological polar surface area (TPSA) is 150 Å². The van der Waals surface area contributed by atoms with E-state index in [1.807, 2.05) is 4.90 Å². The lowest BCUT2D eigenvalue weighted by Gasteiger charge is -2.28. The quantitative estimate of drug-likeness (QED) is 0.310. The van der Waals surface area contributed by atoms with Crippen LogP contribution >= 0.6 is 0 Å². The van der Waals surface area contributed by atoms with Gasteiger partial charge in [-0.05, 0) is 48.4 Å². The first-order valence-electron chi connectivity index (χ1n) is 12.6. The van der Waals surface area contributed by atoms with Gasteiger partial charge in [-0.3, -0.25) is 9.78 Å². The van der Waals surface area contributed by atoms with Crippen LogP contribution in [-0.2, 0) is 0 Å². The van der Waals surface area contributed by atoms with E-state index in [-0.39, 0.29) is 41.5 Å². The van der Waals surface area contributed by atoms with Crippen LogP contribution in [0.5, 0.6) is 5.75 Å². The summed E-state index contributed by atoms with van der Waals surface area (Å²) < 4.78 is 33.9. The molecule has 0 spiro atoms. The Morgan fingerprint density at radius 2 is 2.02 bits per heavy atom. The third-order valence-corrected chi connectivity index (χ3v) is 6.84. The molecule has 0 aliphatic carbocycles. The van der Waals surface area contributed by atoms with Crippen molar-refractivity contribution in [1.82, 2.24) is 15.0 Å². The fourth-order valence-corrected chi connectivity index (χ4v) is 4.92. The van der Waals surface area contributed by atoms with Crippen LogP contribution in [0.1, 0.15) is 22.5 Å². The number of amides is 1. The van der Waals surface area contributed by atoms with Crippen molar-refractivity contribution >= 4 is 17.3 Å². The van der Waals surface area contributed by atoms with Gasteiger partial charge in [-0.1, -0.05) is 6.07 Å². The first-order chi connectivity index (χ1) is 19.8. The number of aliphatic hydroxyl groups excluding tert-OH is 1. The van der Waals surface area contributed by atoms with Gasteiger partial charge in [0.25, 0.3) is 5.91 Å². The SMILES string of the molecule is COc1c(F)ccc(F)c1-c1nccc(C(=O)Nc2ccc(-c3cnccc3C#N)cc2N2C[C@@H](N)C[C@H]2CO)n1. The van der Waals surface area contributed by atoms with Crippen molar-refractivity contribution in [2.45, 2.75) is 18.5 Å². The van der Waals surface area contributed by atoms with E-state index in [0.29, 0.717) is 41.0 Å². The Kier molecular flexibility index (Phi) is 7.82. The van der Waals surface area contributed by atoms with Gasteiger partial charge >= 0.3 is 0 Å². The zero-order chi connectivity index (χ0) is 29.1. The molecule has 4 N–H and O–H groups in total. The molecule has 0 bridgehead atoms. The van der Waals surface area contributed by atoms with Crippen molar-refractivity contribution in [3.05, 3.63) is 83.9 Å². The van der Waals surface area contributed by atoms with E-state index in [9.17, 15) is 23.9 Å². The minimum Gasteiger partial charge on any atom is -0.493 e. The van der Waals surface area contributed by atoms with Crippen molar-refractivity contribution in [1.29, 1.82) is 5.26 Å². The zero-order valence-electron chi connectivity index (χ0n) is 21.9. The molecule has 0 saturated carbocycles. The molecule has 1 aliphatic rings. The molecular weight excluding hydrogens is 532 g/mol. The van der Waals surface area contributed by atoms with Gasteiger partial charge < -0.3 is 25.8 Å². The number of hydrogen-bond acceptors (Lipinski definition) is 9. The molecule has 4 aromatic rings. The molecule has 2 aromatic heterocycles. The number of anilines is 2. The van der Waals surface area contributed by atoms with Gasteiger partial charge in [0, 0.05) is 36.7 Å². The number of ether oxygens (including phenoxy) is 1. The monoisotopic (exact) mass is 557 g/mol. The summed E-state index contributed by atoms with van der Waals surface area (Å²) in [5, 5.41) is 22.5. The number of halogens is 2. The molecular formula is C29H25F2N7O3.